The summed E-state index contributed by atoms with van der Waals surface area (Å²) in [6.45, 7) is 3.85. The largest absolute Gasteiger partial charge is 0.462 e. The lowest BCUT2D eigenvalue weighted by molar-refractivity contribution is 0.0527. The van der Waals surface area contributed by atoms with Crippen molar-refractivity contribution in [1.82, 2.24) is 0 Å². The number of hydrogen-bond acceptors (Lipinski definition) is 6. The van der Waals surface area contributed by atoms with Crippen molar-refractivity contribution >= 4 is 23.3 Å². The van der Waals surface area contributed by atoms with Gasteiger partial charge in [0.2, 0.25) is 0 Å². The number of benzene rings is 2. The lowest BCUT2D eigenvalue weighted by Crippen LogP contribution is -2.10. The van der Waals surface area contributed by atoms with Crippen molar-refractivity contribution in [2.75, 3.05) is 13.2 Å². The Bertz CT molecular complexity index is 706. The molecule has 2 aromatic carbocycles. The zero-order chi connectivity index (χ0) is 17.4. The molecule has 6 heteroatoms. The van der Waals surface area contributed by atoms with Gasteiger partial charge in [0.1, 0.15) is 5.69 Å². The number of azo groups is 1. The molecule has 2 aromatic rings. The van der Waals surface area contributed by atoms with E-state index in [2.05, 4.69) is 10.2 Å². The summed E-state index contributed by atoms with van der Waals surface area (Å²) in [4.78, 5) is 24.3. The smallest absolute Gasteiger partial charge is 0.340 e. The van der Waals surface area contributed by atoms with Gasteiger partial charge in [0.15, 0.2) is 0 Å². The van der Waals surface area contributed by atoms with Crippen LogP contribution in [0.2, 0.25) is 0 Å². The van der Waals surface area contributed by atoms with E-state index in [9.17, 15) is 9.59 Å². The summed E-state index contributed by atoms with van der Waals surface area (Å²) >= 11 is 0. The van der Waals surface area contributed by atoms with Crippen LogP contribution in [0, 0.1) is 0 Å². The minimum absolute atomic E-state index is 0.137. The highest BCUT2D eigenvalue weighted by atomic mass is 16.5. The monoisotopic (exact) mass is 326 g/mol. The summed E-state index contributed by atoms with van der Waals surface area (Å²) in [6, 6.07) is 13.7. The van der Waals surface area contributed by atoms with Gasteiger partial charge in [0.05, 0.1) is 30.0 Å². The molecule has 124 valence electrons. The molecule has 0 heterocycles. The van der Waals surface area contributed by atoms with E-state index in [1.807, 2.05) is 18.2 Å². The van der Waals surface area contributed by atoms with Crippen LogP contribution < -0.4 is 0 Å². The number of carbonyl (C=O) groups is 2. The van der Waals surface area contributed by atoms with Gasteiger partial charge in [0, 0.05) is 0 Å². The van der Waals surface area contributed by atoms with Crippen LogP contribution in [0.4, 0.5) is 11.4 Å². The van der Waals surface area contributed by atoms with Crippen LogP contribution in [0.15, 0.2) is 58.8 Å². The Morgan fingerprint density at radius 1 is 0.792 bits per heavy atom. The highest BCUT2D eigenvalue weighted by molar-refractivity contribution is 6.03. The predicted octanol–water partition coefficient (Wildman–Crippen LogP) is 4.46. The molecule has 0 spiro atoms. The van der Waals surface area contributed by atoms with Gasteiger partial charge in [-0.15, -0.1) is 5.11 Å². The maximum absolute atomic E-state index is 12.1. The summed E-state index contributed by atoms with van der Waals surface area (Å²) in [7, 11) is 0. The number of nitrogens with zero attached hydrogens (tertiary/aromatic N) is 2. The second-order valence-electron chi connectivity index (χ2n) is 4.68. The van der Waals surface area contributed by atoms with Gasteiger partial charge in [-0.2, -0.15) is 5.11 Å². The Hall–Kier alpha value is -3.02. The maximum atomic E-state index is 12.1. The Labute approximate surface area is 140 Å². The number of rotatable bonds is 6. The molecule has 0 aliphatic carbocycles. The standard InChI is InChI=1S/C18H18N2O4/c1-3-23-17(21)14-11-8-12-15(18(22)24-4-2)16(14)20-19-13-9-6-5-7-10-13/h5-12H,3-4H2,1-2H3. The Kier molecular flexibility index (Phi) is 6.19. The highest BCUT2D eigenvalue weighted by Gasteiger charge is 2.20. The van der Waals surface area contributed by atoms with Gasteiger partial charge < -0.3 is 9.47 Å². The lowest BCUT2D eigenvalue weighted by Gasteiger charge is -2.09. The minimum atomic E-state index is -0.564. The van der Waals surface area contributed by atoms with Crippen molar-refractivity contribution in [3.63, 3.8) is 0 Å². The van der Waals surface area contributed by atoms with Crippen molar-refractivity contribution in [3.05, 3.63) is 59.7 Å². The van der Waals surface area contributed by atoms with E-state index < -0.39 is 11.9 Å². The molecule has 2 rings (SSSR count). The van der Waals surface area contributed by atoms with E-state index in [-0.39, 0.29) is 30.0 Å². The van der Waals surface area contributed by atoms with E-state index in [0.29, 0.717) is 5.69 Å². The average molecular weight is 326 g/mol. The van der Waals surface area contributed by atoms with Gasteiger partial charge in [-0.1, -0.05) is 24.3 Å². The van der Waals surface area contributed by atoms with Crippen molar-refractivity contribution < 1.29 is 19.1 Å². The number of esters is 2. The van der Waals surface area contributed by atoms with E-state index in [1.54, 1.807) is 44.2 Å². The van der Waals surface area contributed by atoms with Crippen LogP contribution in [0.3, 0.4) is 0 Å². The Morgan fingerprint density at radius 3 is 1.83 bits per heavy atom. The van der Waals surface area contributed by atoms with Crippen LogP contribution in [0.25, 0.3) is 0 Å². The van der Waals surface area contributed by atoms with Crippen molar-refractivity contribution in [2.24, 2.45) is 10.2 Å². The van der Waals surface area contributed by atoms with Crippen LogP contribution >= 0.6 is 0 Å². The Balaban J connectivity index is 2.48. The maximum Gasteiger partial charge on any atom is 0.340 e. The highest BCUT2D eigenvalue weighted by Crippen LogP contribution is 2.28. The molecule has 24 heavy (non-hydrogen) atoms. The lowest BCUT2D eigenvalue weighted by atomic mass is 10.1. The minimum Gasteiger partial charge on any atom is -0.462 e. The summed E-state index contributed by atoms with van der Waals surface area (Å²) in [5.74, 6) is -1.13. The number of carbonyl (C=O) groups excluding carboxylic acids is 2. The summed E-state index contributed by atoms with van der Waals surface area (Å²) in [5.41, 5.74) is 1.08. The summed E-state index contributed by atoms with van der Waals surface area (Å²) in [5, 5.41) is 8.20. The number of hydrogen-bond donors (Lipinski definition) is 0. The normalized spacial score (nSPS) is 10.6. The molecule has 0 bridgehead atoms. The fourth-order valence-electron chi connectivity index (χ4n) is 2.00. The van der Waals surface area contributed by atoms with Crippen molar-refractivity contribution in [3.8, 4) is 0 Å². The van der Waals surface area contributed by atoms with Crippen LogP contribution in [-0.4, -0.2) is 25.2 Å². The molecule has 6 nitrogen and oxygen atoms in total. The molecular formula is C18H18N2O4. The molecule has 0 N–H and O–H groups in total. The summed E-state index contributed by atoms with van der Waals surface area (Å²) in [6.07, 6.45) is 0. The average Bonchev–Trinajstić information content (AvgIpc) is 2.61. The van der Waals surface area contributed by atoms with E-state index in [1.165, 1.54) is 0 Å². The second kappa shape index (κ2) is 8.57. The van der Waals surface area contributed by atoms with Gasteiger partial charge >= 0.3 is 11.9 Å². The van der Waals surface area contributed by atoms with E-state index >= 15 is 0 Å². The van der Waals surface area contributed by atoms with Crippen molar-refractivity contribution in [1.29, 1.82) is 0 Å². The molecule has 0 saturated carbocycles. The molecular weight excluding hydrogens is 308 g/mol. The molecule has 0 unspecified atom stereocenters. The van der Waals surface area contributed by atoms with Crippen LogP contribution in [-0.2, 0) is 9.47 Å². The van der Waals surface area contributed by atoms with E-state index in [4.69, 9.17) is 9.47 Å². The zero-order valence-electron chi connectivity index (χ0n) is 13.6. The molecule has 0 aromatic heterocycles. The molecule has 0 atom stereocenters. The molecule has 0 radical (unpaired) electrons. The van der Waals surface area contributed by atoms with Gasteiger partial charge in [-0.3, -0.25) is 0 Å². The SMILES string of the molecule is CCOC(=O)c1cccc(C(=O)OCC)c1N=Nc1ccccc1. The van der Waals surface area contributed by atoms with Gasteiger partial charge in [-0.05, 0) is 38.1 Å². The Morgan fingerprint density at radius 2 is 1.33 bits per heavy atom. The van der Waals surface area contributed by atoms with Gasteiger partial charge in [0.25, 0.3) is 0 Å². The fourth-order valence-corrected chi connectivity index (χ4v) is 2.00. The van der Waals surface area contributed by atoms with Gasteiger partial charge in [-0.25, -0.2) is 9.59 Å². The fraction of sp³-hybridized carbons (Fsp3) is 0.222. The first-order chi connectivity index (χ1) is 11.7. The quantitative estimate of drug-likeness (QED) is 0.580. The first-order valence-electron chi connectivity index (χ1n) is 7.61. The second-order valence-corrected chi connectivity index (χ2v) is 4.68. The number of ether oxygens (including phenoxy) is 2. The summed E-state index contributed by atoms with van der Waals surface area (Å²) < 4.78 is 10.0. The molecule has 0 fully saturated rings. The first kappa shape index (κ1) is 17.3. The first-order valence-corrected chi connectivity index (χ1v) is 7.61. The zero-order valence-corrected chi connectivity index (χ0v) is 13.6. The molecule has 0 amide bonds. The third-order valence-corrected chi connectivity index (χ3v) is 3.05. The predicted molar refractivity (Wildman–Crippen MR) is 89.0 cm³/mol. The van der Waals surface area contributed by atoms with E-state index in [0.717, 1.165) is 0 Å². The third-order valence-electron chi connectivity index (χ3n) is 3.05. The molecule has 0 aliphatic rings. The third kappa shape index (κ3) is 4.25. The topological polar surface area (TPSA) is 77.3 Å². The van der Waals surface area contributed by atoms with Crippen molar-refractivity contribution in [2.45, 2.75) is 13.8 Å². The van der Waals surface area contributed by atoms with Crippen LogP contribution in [0.1, 0.15) is 34.6 Å². The molecule has 0 saturated heterocycles. The molecule has 0 aliphatic heterocycles. The van der Waals surface area contributed by atoms with Crippen LogP contribution in [0.5, 0.6) is 0 Å².